The summed E-state index contributed by atoms with van der Waals surface area (Å²) in [6.07, 6.45) is 6.78. The van der Waals surface area contributed by atoms with Crippen LogP contribution in [0.4, 0.5) is 5.69 Å². The minimum atomic E-state index is 0.433. The minimum Gasteiger partial charge on any atom is -0.370 e. The molecule has 0 amide bonds. The molecule has 20 heavy (non-hydrogen) atoms. The number of hydrogen-bond donors (Lipinski definition) is 2. The highest BCUT2D eigenvalue weighted by Crippen LogP contribution is 2.24. The van der Waals surface area contributed by atoms with E-state index in [0.717, 1.165) is 12.1 Å². The summed E-state index contributed by atoms with van der Waals surface area (Å²) < 4.78 is 1.73. The van der Waals surface area contributed by atoms with Crippen LogP contribution >= 0.6 is 0 Å². The molecule has 0 bridgehead atoms. The van der Waals surface area contributed by atoms with Gasteiger partial charge in [0.2, 0.25) is 0 Å². The lowest BCUT2D eigenvalue weighted by molar-refractivity contribution is 0.624. The lowest BCUT2D eigenvalue weighted by atomic mass is 10.1. The third-order valence-corrected chi connectivity index (χ3v) is 3.45. The van der Waals surface area contributed by atoms with Gasteiger partial charge in [0.05, 0.1) is 13.1 Å². The summed E-state index contributed by atoms with van der Waals surface area (Å²) in [5.74, 6) is 0.433. The second kappa shape index (κ2) is 5.73. The molecule has 0 saturated heterocycles. The van der Waals surface area contributed by atoms with Crippen molar-refractivity contribution in [3.05, 3.63) is 42.0 Å². The van der Waals surface area contributed by atoms with Crippen molar-refractivity contribution in [1.82, 2.24) is 14.8 Å². The number of aromatic nitrogens is 3. The number of fused-ring (bicyclic) bond motifs is 1. The number of nitrogens with two attached hydrogens (primary N) is 1. The largest absolute Gasteiger partial charge is 0.370 e. The van der Waals surface area contributed by atoms with Gasteiger partial charge in [-0.05, 0) is 42.5 Å². The minimum absolute atomic E-state index is 0.433. The molecule has 6 nitrogen and oxygen atoms in total. The van der Waals surface area contributed by atoms with E-state index in [0.29, 0.717) is 19.0 Å². The van der Waals surface area contributed by atoms with Crippen molar-refractivity contribution < 1.29 is 0 Å². The predicted molar refractivity (Wildman–Crippen MR) is 78.6 cm³/mol. The fourth-order valence-corrected chi connectivity index (χ4v) is 2.46. The Balaban J connectivity index is 1.56. The second-order valence-corrected chi connectivity index (χ2v) is 4.89. The number of aryl methyl sites for hydroxylation is 2. The summed E-state index contributed by atoms with van der Waals surface area (Å²) in [6.45, 7) is 1.25. The second-order valence-electron chi connectivity index (χ2n) is 4.89. The Hall–Kier alpha value is -2.37. The van der Waals surface area contributed by atoms with E-state index in [-0.39, 0.29) is 0 Å². The fourth-order valence-electron chi connectivity index (χ4n) is 2.46. The van der Waals surface area contributed by atoms with Crippen LogP contribution in [0.1, 0.15) is 17.5 Å². The van der Waals surface area contributed by atoms with Gasteiger partial charge in [-0.25, -0.2) is 4.98 Å². The standard InChI is InChI=1S/C14H18N6/c15-14(17-6-7-20-10-16-9-18-20)19-13-5-4-11-2-1-3-12(11)8-13/h4-5,8-10H,1-3,6-7H2,(H3,15,17,19). The van der Waals surface area contributed by atoms with Crippen LogP contribution in [0.2, 0.25) is 0 Å². The molecule has 104 valence electrons. The third-order valence-electron chi connectivity index (χ3n) is 3.45. The fraction of sp³-hybridized carbons (Fsp3) is 0.357. The van der Waals surface area contributed by atoms with Gasteiger partial charge in [0, 0.05) is 5.69 Å². The zero-order valence-corrected chi connectivity index (χ0v) is 11.3. The Morgan fingerprint density at radius 3 is 3.10 bits per heavy atom. The lowest BCUT2D eigenvalue weighted by Gasteiger charge is -2.08. The van der Waals surface area contributed by atoms with Crippen molar-refractivity contribution in [2.75, 3.05) is 11.9 Å². The molecule has 0 radical (unpaired) electrons. The number of nitrogens with zero attached hydrogens (tertiary/aromatic N) is 4. The molecule has 0 fully saturated rings. The number of aliphatic imine (C=N–C) groups is 1. The van der Waals surface area contributed by atoms with Gasteiger partial charge in [-0.2, -0.15) is 5.10 Å². The van der Waals surface area contributed by atoms with Crippen molar-refractivity contribution in [3.63, 3.8) is 0 Å². The van der Waals surface area contributed by atoms with Crippen LogP contribution in [0.3, 0.4) is 0 Å². The average Bonchev–Trinajstić information content (AvgIpc) is 3.08. The van der Waals surface area contributed by atoms with Crippen LogP contribution in [0.25, 0.3) is 0 Å². The molecule has 0 saturated carbocycles. The van der Waals surface area contributed by atoms with Gasteiger partial charge in [0.15, 0.2) is 5.96 Å². The number of guanidine groups is 1. The first-order valence-electron chi connectivity index (χ1n) is 6.82. The molecule has 0 spiro atoms. The van der Waals surface area contributed by atoms with Crippen LogP contribution in [0, 0.1) is 0 Å². The van der Waals surface area contributed by atoms with E-state index < -0.39 is 0 Å². The van der Waals surface area contributed by atoms with E-state index in [1.807, 2.05) is 0 Å². The van der Waals surface area contributed by atoms with Crippen LogP contribution in [0.15, 0.2) is 35.8 Å². The quantitative estimate of drug-likeness (QED) is 0.646. The Kier molecular flexibility index (Phi) is 3.62. The molecular formula is C14H18N6. The van der Waals surface area contributed by atoms with Crippen LogP contribution in [-0.4, -0.2) is 27.3 Å². The van der Waals surface area contributed by atoms with Gasteiger partial charge in [0.1, 0.15) is 12.7 Å². The van der Waals surface area contributed by atoms with E-state index in [9.17, 15) is 0 Å². The van der Waals surface area contributed by atoms with Crippen LogP contribution in [-0.2, 0) is 19.4 Å². The van der Waals surface area contributed by atoms with Crippen molar-refractivity contribution in [2.45, 2.75) is 25.8 Å². The molecule has 0 aliphatic heterocycles. The van der Waals surface area contributed by atoms with Gasteiger partial charge in [-0.1, -0.05) is 6.07 Å². The van der Waals surface area contributed by atoms with E-state index in [4.69, 9.17) is 5.73 Å². The summed E-state index contributed by atoms with van der Waals surface area (Å²) >= 11 is 0. The first-order chi connectivity index (χ1) is 9.81. The van der Waals surface area contributed by atoms with Gasteiger partial charge < -0.3 is 11.1 Å². The maximum absolute atomic E-state index is 5.88. The Morgan fingerprint density at radius 1 is 1.35 bits per heavy atom. The van der Waals surface area contributed by atoms with Gasteiger partial charge in [-0.15, -0.1) is 0 Å². The first-order valence-corrected chi connectivity index (χ1v) is 6.82. The van der Waals surface area contributed by atoms with Crippen LogP contribution < -0.4 is 11.1 Å². The highest BCUT2D eigenvalue weighted by Gasteiger charge is 2.10. The van der Waals surface area contributed by atoms with Gasteiger partial charge >= 0.3 is 0 Å². The number of anilines is 1. The van der Waals surface area contributed by atoms with Crippen molar-refractivity contribution >= 4 is 11.6 Å². The van der Waals surface area contributed by atoms with E-state index >= 15 is 0 Å². The topological polar surface area (TPSA) is 81.1 Å². The summed E-state index contributed by atoms with van der Waals surface area (Å²) in [4.78, 5) is 8.16. The zero-order valence-electron chi connectivity index (χ0n) is 11.3. The van der Waals surface area contributed by atoms with Crippen LogP contribution in [0.5, 0.6) is 0 Å². The lowest BCUT2D eigenvalue weighted by Crippen LogP contribution is -2.23. The highest BCUT2D eigenvalue weighted by molar-refractivity contribution is 5.92. The molecular weight excluding hydrogens is 252 g/mol. The molecule has 3 rings (SSSR count). The summed E-state index contributed by atoms with van der Waals surface area (Å²) in [6, 6.07) is 6.40. The Bertz CT molecular complexity index is 602. The number of benzene rings is 1. The molecule has 1 aromatic heterocycles. The van der Waals surface area contributed by atoms with Crippen molar-refractivity contribution in [2.24, 2.45) is 10.7 Å². The normalized spacial score (nSPS) is 14.3. The molecule has 0 unspecified atom stereocenters. The maximum atomic E-state index is 5.88. The molecule has 1 heterocycles. The molecule has 1 aliphatic carbocycles. The Morgan fingerprint density at radius 2 is 2.25 bits per heavy atom. The van der Waals surface area contributed by atoms with Crippen molar-refractivity contribution in [3.8, 4) is 0 Å². The summed E-state index contributed by atoms with van der Waals surface area (Å²) in [5.41, 5.74) is 9.77. The summed E-state index contributed by atoms with van der Waals surface area (Å²) in [7, 11) is 0. The molecule has 3 N–H and O–H groups in total. The molecule has 2 aromatic rings. The first kappa shape index (κ1) is 12.7. The molecule has 1 aliphatic rings. The number of nitrogens with one attached hydrogen (secondary N) is 1. The summed E-state index contributed by atoms with van der Waals surface area (Å²) in [5, 5.41) is 7.15. The third kappa shape index (κ3) is 2.96. The zero-order chi connectivity index (χ0) is 13.8. The molecule has 6 heteroatoms. The average molecular weight is 270 g/mol. The molecule has 0 atom stereocenters. The maximum Gasteiger partial charge on any atom is 0.193 e. The Labute approximate surface area is 117 Å². The number of rotatable bonds is 4. The van der Waals surface area contributed by atoms with Crippen molar-refractivity contribution in [1.29, 1.82) is 0 Å². The van der Waals surface area contributed by atoms with E-state index in [1.165, 1.54) is 30.3 Å². The predicted octanol–water partition coefficient (Wildman–Crippen LogP) is 1.19. The monoisotopic (exact) mass is 270 g/mol. The smallest absolute Gasteiger partial charge is 0.193 e. The van der Waals surface area contributed by atoms with Gasteiger partial charge in [0.25, 0.3) is 0 Å². The SMILES string of the molecule is NC(=NCCn1cncn1)Nc1ccc2c(c1)CCC2. The molecule has 1 aromatic carbocycles. The number of hydrogen-bond acceptors (Lipinski definition) is 3. The van der Waals surface area contributed by atoms with E-state index in [2.05, 4.69) is 38.6 Å². The highest BCUT2D eigenvalue weighted by atomic mass is 15.3. The van der Waals surface area contributed by atoms with Gasteiger partial charge in [-0.3, -0.25) is 9.67 Å². The van der Waals surface area contributed by atoms with E-state index in [1.54, 1.807) is 11.0 Å².